The molecule has 1 unspecified atom stereocenters. The Labute approximate surface area is 86.8 Å². The minimum atomic E-state index is -0.475. The highest BCUT2D eigenvalue weighted by Crippen LogP contribution is 2.23. The van der Waals surface area contributed by atoms with Crippen molar-refractivity contribution in [1.82, 2.24) is 0 Å². The second-order valence-electron chi connectivity index (χ2n) is 2.98. The Kier molecular flexibility index (Phi) is 3.79. The Morgan fingerprint density at radius 1 is 1.60 bits per heavy atom. The molecule has 0 aliphatic rings. The molecule has 1 aromatic rings. The first kappa shape index (κ1) is 11.2. The Balaban J connectivity index is 2.97. The van der Waals surface area contributed by atoms with Crippen molar-refractivity contribution in [2.75, 3.05) is 0 Å². The van der Waals surface area contributed by atoms with E-state index in [0.717, 1.165) is 0 Å². The number of non-ortho nitro benzene ring substituents is 1. The fourth-order valence-corrected chi connectivity index (χ4v) is 1.32. The third kappa shape index (κ3) is 2.77. The fourth-order valence-electron chi connectivity index (χ4n) is 1.32. The lowest BCUT2D eigenvalue weighted by Crippen LogP contribution is -2.02. The van der Waals surface area contributed by atoms with Crippen molar-refractivity contribution in [3.05, 3.63) is 39.9 Å². The van der Waals surface area contributed by atoms with E-state index in [-0.39, 0.29) is 5.69 Å². The summed E-state index contributed by atoms with van der Waals surface area (Å²) in [7, 11) is 0. The Hall–Kier alpha value is -1.91. The zero-order chi connectivity index (χ0) is 11.3. The van der Waals surface area contributed by atoms with Gasteiger partial charge in [-0.3, -0.25) is 14.9 Å². The van der Waals surface area contributed by atoms with Crippen molar-refractivity contribution in [1.29, 1.82) is 0 Å². The molecule has 0 saturated heterocycles. The van der Waals surface area contributed by atoms with Crippen LogP contribution in [0.5, 0.6) is 0 Å². The number of carbonyl (C=O) groups excluding carboxylic acids is 1. The first-order valence-corrected chi connectivity index (χ1v) is 4.52. The maximum atomic E-state index is 10.5. The van der Waals surface area contributed by atoms with Gasteiger partial charge in [-0.1, -0.05) is 19.1 Å². The van der Waals surface area contributed by atoms with Crippen molar-refractivity contribution in [2.45, 2.75) is 19.4 Å². The summed E-state index contributed by atoms with van der Waals surface area (Å²) in [5.74, 6) is 0. The van der Waals surface area contributed by atoms with E-state index in [1.165, 1.54) is 12.1 Å². The van der Waals surface area contributed by atoms with Crippen molar-refractivity contribution in [3.63, 3.8) is 0 Å². The summed E-state index contributed by atoms with van der Waals surface area (Å²) < 4.78 is 4.81. The zero-order valence-electron chi connectivity index (χ0n) is 8.25. The third-order valence-electron chi connectivity index (χ3n) is 2.04. The van der Waals surface area contributed by atoms with Gasteiger partial charge in [0.05, 0.1) is 4.92 Å². The van der Waals surface area contributed by atoms with E-state index in [1.54, 1.807) is 12.1 Å². The van der Waals surface area contributed by atoms with Gasteiger partial charge in [0.15, 0.2) is 0 Å². The molecule has 0 heterocycles. The molecule has 0 spiro atoms. The van der Waals surface area contributed by atoms with Gasteiger partial charge in [0.25, 0.3) is 12.2 Å². The van der Waals surface area contributed by atoms with Gasteiger partial charge in [-0.25, -0.2) is 0 Å². The van der Waals surface area contributed by atoms with E-state index in [4.69, 9.17) is 4.74 Å². The molecular weight excluding hydrogens is 198 g/mol. The van der Waals surface area contributed by atoms with Crippen LogP contribution in [-0.4, -0.2) is 11.4 Å². The van der Waals surface area contributed by atoms with Crippen LogP contribution in [0.4, 0.5) is 5.69 Å². The Morgan fingerprint density at radius 3 is 2.87 bits per heavy atom. The predicted octanol–water partition coefficient (Wildman–Crippen LogP) is 2.22. The highest BCUT2D eigenvalue weighted by Gasteiger charge is 2.13. The molecular formula is C10H11NO4. The highest BCUT2D eigenvalue weighted by molar-refractivity contribution is 5.40. The number of nitro groups is 1. The largest absolute Gasteiger partial charge is 0.460 e. The smallest absolute Gasteiger partial charge is 0.293 e. The summed E-state index contributed by atoms with van der Waals surface area (Å²) in [4.78, 5) is 20.3. The third-order valence-corrected chi connectivity index (χ3v) is 2.04. The van der Waals surface area contributed by atoms with Gasteiger partial charge in [0.1, 0.15) is 6.10 Å². The van der Waals surface area contributed by atoms with Crippen molar-refractivity contribution in [3.8, 4) is 0 Å². The molecule has 0 aromatic heterocycles. The molecule has 5 heteroatoms. The van der Waals surface area contributed by atoms with Crippen molar-refractivity contribution < 1.29 is 14.5 Å². The van der Waals surface area contributed by atoms with Crippen LogP contribution in [0.1, 0.15) is 25.0 Å². The van der Waals surface area contributed by atoms with E-state index in [1.807, 2.05) is 6.92 Å². The average Bonchev–Trinajstić information content (AvgIpc) is 2.26. The van der Waals surface area contributed by atoms with Crippen LogP contribution >= 0.6 is 0 Å². The maximum Gasteiger partial charge on any atom is 0.293 e. The minimum Gasteiger partial charge on any atom is -0.460 e. The van der Waals surface area contributed by atoms with Gasteiger partial charge in [-0.2, -0.15) is 0 Å². The van der Waals surface area contributed by atoms with E-state index >= 15 is 0 Å². The topological polar surface area (TPSA) is 69.4 Å². The molecule has 0 aliphatic carbocycles. The number of rotatable bonds is 5. The Morgan fingerprint density at radius 2 is 2.33 bits per heavy atom. The number of nitrogens with zero attached hydrogens (tertiary/aromatic N) is 1. The number of nitro benzene ring substituents is 1. The molecule has 0 aliphatic heterocycles. The van der Waals surface area contributed by atoms with Gasteiger partial charge in [0.2, 0.25) is 0 Å². The summed E-state index contributed by atoms with van der Waals surface area (Å²) in [5.41, 5.74) is 0.638. The quantitative estimate of drug-likeness (QED) is 0.423. The number of ether oxygens (including phenoxy) is 1. The van der Waals surface area contributed by atoms with Gasteiger partial charge in [-0.05, 0) is 12.0 Å². The number of carbonyl (C=O) groups is 1. The van der Waals surface area contributed by atoms with Crippen LogP contribution in [0.3, 0.4) is 0 Å². The molecule has 0 saturated carbocycles. The van der Waals surface area contributed by atoms with Gasteiger partial charge in [-0.15, -0.1) is 0 Å². The van der Waals surface area contributed by atoms with Crippen molar-refractivity contribution >= 4 is 12.2 Å². The van der Waals surface area contributed by atoms with E-state index in [2.05, 4.69) is 0 Å². The average molecular weight is 209 g/mol. The van der Waals surface area contributed by atoms with Gasteiger partial charge >= 0.3 is 0 Å². The normalized spacial score (nSPS) is 11.8. The summed E-state index contributed by atoms with van der Waals surface area (Å²) in [6.45, 7) is 2.19. The summed E-state index contributed by atoms with van der Waals surface area (Å²) in [6, 6.07) is 6.09. The second-order valence-corrected chi connectivity index (χ2v) is 2.98. The van der Waals surface area contributed by atoms with Crippen LogP contribution in [0.25, 0.3) is 0 Å². The molecule has 15 heavy (non-hydrogen) atoms. The molecule has 0 fully saturated rings. The van der Waals surface area contributed by atoms with Crippen LogP contribution in [0, 0.1) is 10.1 Å². The molecule has 0 amide bonds. The Bertz CT molecular complexity index is 364. The standard InChI is InChI=1S/C10H11NO4/c1-2-10(15-7-12)8-4-3-5-9(6-8)11(13)14/h3-7,10H,2H2,1H3. The monoisotopic (exact) mass is 209 g/mol. The SMILES string of the molecule is CCC(OC=O)c1cccc([N+](=O)[O-])c1. The van der Waals surface area contributed by atoms with E-state index in [0.29, 0.717) is 18.5 Å². The van der Waals surface area contributed by atoms with Crippen LogP contribution in [-0.2, 0) is 9.53 Å². The van der Waals surface area contributed by atoms with Crippen LogP contribution in [0.2, 0.25) is 0 Å². The second kappa shape index (κ2) is 5.09. The van der Waals surface area contributed by atoms with E-state index in [9.17, 15) is 14.9 Å². The molecule has 0 N–H and O–H groups in total. The first-order chi connectivity index (χ1) is 7.19. The molecule has 0 bridgehead atoms. The van der Waals surface area contributed by atoms with Crippen LogP contribution in [0.15, 0.2) is 24.3 Å². The molecule has 5 nitrogen and oxygen atoms in total. The summed E-state index contributed by atoms with van der Waals surface area (Å²) >= 11 is 0. The van der Waals surface area contributed by atoms with Crippen molar-refractivity contribution in [2.24, 2.45) is 0 Å². The lowest BCUT2D eigenvalue weighted by molar-refractivity contribution is -0.385. The number of benzene rings is 1. The van der Waals surface area contributed by atoms with Gasteiger partial charge < -0.3 is 4.74 Å². The first-order valence-electron chi connectivity index (χ1n) is 4.52. The molecule has 1 rings (SSSR count). The summed E-state index contributed by atoms with van der Waals surface area (Å²) in [5, 5.41) is 10.5. The van der Waals surface area contributed by atoms with E-state index < -0.39 is 11.0 Å². The highest BCUT2D eigenvalue weighted by atomic mass is 16.6. The van der Waals surface area contributed by atoms with Gasteiger partial charge in [0, 0.05) is 12.1 Å². The molecule has 0 radical (unpaired) electrons. The summed E-state index contributed by atoms with van der Waals surface area (Å²) in [6.07, 6.45) is 0.169. The molecule has 80 valence electrons. The predicted molar refractivity (Wildman–Crippen MR) is 53.3 cm³/mol. The maximum absolute atomic E-state index is 10.5. The molecule has 1 atom stereocenters. The lowest BCUT2D eigenvalue weighted by Gasteiger charge is -2.12. The number of hydrogen-bond donors (Lipinski definition) is 0. The minimum absolute atomic E-state index is 0.000416. The molecule has 1 aromatic carbocycles. The fraction of sp³-hybridized carbons (Fsp3) is 0.300. The van der Waals surface area contributed by atoms with Crippen LogP contribution < -0.4 is 0 Å². The number of hydrogen-bond acceptors (Lipinski definition) is 4. The lowest BCUT2D eigenvalue weighted by atomic mass is 10.1. The zero-order valence-corrected chi connectivity index (χ0v) is 8.25.